The van der Waals surface area contributed by atoms with Crippen LogP contribution in [0, 0.1) is 11.1 Å². The van der Waals surface area contributed by atoms with E-state index in [0.717, 1.165) is 23.9 Å². The van der Waals surface area contributed by atoms with Crippen LogP contribution < -0.4 is 0 Å². The van der Waals surface area contributed by atoms with Gasteiger partial charge in [-0.15, -0.1) is 0 Å². The molecule has 1 unspecified atom stereocenters. The van der Waals surface area contributed by atoms with Crippen LogP contribution in [0.25, 0.3) is 16.5 Å². The van der Waals surface area contributed by atoms with E-state index in [1.54, 1.807) is 0 Å². The van der Waals surface area contributed by atoms with Crippen molar-refractivity contribution >= 4 is 16.5 Å². The van der Waals surface area contributed by atoms with Crippen LogP contribution in [-0.4, -0.2) is 29.3 Å². The number of benzene rings is 1. The second-order valence-electron chi connectivity index (χ2n) is 6.67. The highest BCUT2D eigenvalue weighted by molar-refractivity contribution is 5.89. The van der Waals surface area contributed by atoms with Crippen molar-refractivity contribution in [3.8, 4) is 0 Å². The van der Waals surface area contributed by atoms with E-state index >= 15 is 0 Å². The molecule has 3 heteroatoms. The number of nitrogens with one attached hydrogen (secondary N) is 1. The number of nitrogens with zero attached hydrogens (tertiary/aromatic N) is 1. The maximum atomic E-state index is 13.1. The molecule has 0 saturated carbocycles. The molecular weight excluding hydrogens is 272 g/mol. The third kappa shape index (κ3) is 1.97. The molecule has 114 valence electrons. The molecular formula is C19H22N2O. The van der Waals surface area contributed by atoms with Crippen molar-refractivity contribution in [2.75, 3.05) is 19.6 Å². The summed E-state index contributed by atoms with van der Waals surface area (Å²) >= 11 is 0. The predicted molar refractivity (Wildman–Crippen MR) is 91.1 cm³/mol. The van der Waals surface area contributed by atoms with Gasteiger partial charge in [0.1, 0.15) is 6.54 Å². The number of aromatic amines is 1. The van der Waals surface area contributed by atoms with E-state index in [9.17, 15) is 5.21 Å². The number of hydrogen-bond donors (Lipinski definition) is 1. The molecule has 22 heavy (non-hydrogen) atoms. The van der Waals surface area contributed by atoms with E-state index in [4.69, 9.17) is 0 Å². The molecule has 0 aliphatic carbocycles. The quantitative estimate of drug-likeness (QED) is 0.445. The average Bonchev–Trinajstić information content (AvgIpc) is 2.92. The first-order valence-corrected chi connectivity index (χ1v) is 8.12. The summed E-state index contributed by atoms with van der Waals surface area (Å²) in [6.07, 6.45) is 3.87. The van der Waals surface area contributed by atoms with Crippen molar-refractivity contribution < 1.29 is 4.65 Å². The number of allylic oxidation sites excluding steroid dienone is 2. The van der Waals surface area contributed by atoms with Crippen molar-refractivity contribution in [1.29, 1.82) is 0 Å². The Labute approximate surface area is 131 Å². The van der Waals surface area contributed by atoms with E-state index < -0.39 is 0 Å². The van der Waals surface area contributed by atoms with Crippen LogP contribution in [0.5, 0.6) is 0 Å². The number of H-pyrrole nitrogens is 1. The van der Waals surface area contributed by atoms with Crippen LogP contribution in [0.4, 0.5) is 0 Å². The van der Waals surface area contributed by atoms with Gasteiger partial charge in [-0.25, -0.2) is 0 Å². The standard InChI is InChI=1S/C19H22N2O/c1-3-14-12-21(22)10-8-15(14)13(2)19-17(9-11-21)16-6-4-5-7-18(16)20-19/h3-7,15,20H,2,8-12H2,1H3/b14-3-/t15-,21?/m0/s1. The van der Waals surface area contributed by atoms with Gasteiger partial charge < -0.3 is 14.8 Å². The highest BCUT2D eigenvalue weighted by atomic mass is 16.5. The minimum Gasteiger partial charge on any atom is -0.633 e. The lowest BCUT2D eigenvalue weighted by Crippen LogP contribution is -2.50. The number of para-hydroxylation sites is 1. The predicted octanol–water partition coefficient (Wildman–Crippen LogP) is 4.02. The Balaban J connectivity index is 1.92. The highest BCUT2D eigenvalue weighted by Crippen LogP contribution is 2.41. The van der Waals surface area contributed by atoms with Crippen LogP contribution in [0.1, 0.15) is 24.6 Å². The first kappa shape index (κ1) is 13.8. The zero-order chi connectivity index (χ0) is 15.3. The molecule has 2 aromatic rings. The molecule has 3 aliphatic rings. The van der Waals surface area contributed by atoms with Crippen molar-refractivity contribution in [2.24, 2.45) is 5.92 Å². The second-order valence-corrected chi connectivity index (χ2v) is 6.67. The fraction of sp³-hybridized carbons (Fsp3) is 0.368. The number of hydroxylamine groups is 3. The maximum absolute atomic E-state index is 13.1. The molecule has 3 aliphatic heterocycles. The Morgan fingerprint density at radius 1 is 1.32 bits per heavy atom. The van der Waals surface area contributed by atoms with Crippen LogP contribution in [0.3, 0.4) is 0 Å². The summed E-state index contributed by atoms with van der Waals surface area (Å²) in [5.74, 6) is 0.315. The fourth-order valence-electron chi connectivity index (χ4n) is 4.18. The fourth-order valence-corrected chi connectivity index (χ4v) is 4.18. The summed E-state index contributed by atoms with van der Waals surface area (Å²) in [5.41, 5.74) is 6.02. The first-order chi connectivity index (χ1) is 10.6. The smallest absolute Gasteiger partial charge is 0.101 e. The molecule has 1 saturated heterocycles. The number of piperidine rings is 1. The van der Waals surface area contributed by atoms with Gasteiger partial charge in [0.25, 0.3) is 0 Å². The number of quaternary nitrogens is 1. The molecule has 1 aromatic carbocycles. The van der Waals surface area contributed by atoms with E-state index in [1.165, 1.54) is 22.2 Å². The molecule has 0 spiro atoms. The number of fused-ring (bicyclic) bond motifs is 4. The van der Waals surface area contributed by atoms with Gasteiger partial charge in [0, 0.05) is 35.4 Å². The normalized spacial score (nSPS) is 30.2. The lowest BCUT2D eigenvalue weighted by Gasteiger charge is -2.48. The van der Waals surface area contributed by atoms with E-state index in [2.05, 4.69) is 48.8 Å². The molecule has 0 amide bonds. The SMILES string of the molecule is C=C1c2[nH]c3ccccc3c2CC[N+]2([O-])CC[C@@H]1/C(=C\C)C2. The van der Waals surface area contributed by atoms with Gasteiger partial charge in [0.2, 0.25) is 0 Å². The van der Waals surface area contributed by atoms with Crippen LogP contribution in [-0.2, 0) is 6.42 Å². The summed E-state index contributed by atoms with van der Waals surface area (Å²) in [7, 11) is 0. The first-order valence-electron chi connectivity index (χ1n) is 8.12. The van der Waals surface area contributed by atoms with Gasteiger partial charge in [-0.05, 0) is 29.7 Å². The summed E-state index contributed by atoms with van der Waals surface area (Å²) in [6, 6.07) is 8.38. The van der Waals surface area contributed by atoms with Gasteiger partial charge >= 0.3 is 0 Å². The highest BCUT2D eigenvalue weighted by Gasteiger charge is 2.35. The van der Waals surface area contributed by atoms with Crippen molar-refractivity contribution in [2.45, 2.75) is 19.8 Å². The molecule has 2 bridgehead atoms. The summed E-state index contributed by atoms with van der Waals surface area (Å²) < 4.78 is -0.0810. The Hall–Kier alpha value is -1.84. The van der Waals surface area contributed by atoms with Crippen LogP contribution in [0.15, 0.2) is 42.5 Å². The van der Waals surface area contributed by atoms with Gasteiger partial charge in [-0.2, -0.15) is 0 Å². The molecule has 4 heterocycles. The van der Waals surface area contributed by atoms with Crippen molar-refractivity contribution in [3.63, 3.8) is 0 Å². The summed E-state index contributed by atoms with van der Waals surface area (Å²) in [6.45, 7) is 8.46. The van der Waals surface area contributed by atoms with Gasteiger partial charge in [-0.1, -0.05) is 30.9 Å². The molecule has 1 fully saturated rings. The Bertz CT molecular complexity index is 786. The van der Waals surface area contributed by atoms with Gasteiger partial charge in [0.05, 0.1) is 13.1 Å². The number of aromatic nitrogens is 1. The molecule has 2 atom stereocenters. The van der Waals surface area contributed by atoms with E-state index in [0.29, 0.717) is 25.6 Å². The van der Waals surface area contributed by atoms with Crippen LogP contribution >= 0.6 is 0 Å². The molecule has 0 radical (unpaired) electrons. The molecule has 1 N–H and O–H groups in total. The van der Waals surface area contributed by atoms with Gasteiger partial charge in [-0.3, -0.25) is 0 Å². The zero-order valence-corrected chi connectivity index (χ0v) is 13.1. The molecule has 5 rings (SSSR count). The summed E-state index contributed by atoms with van der Waals surface area (Å²) in [5, 5.41) is 14.3. The largest absolute Gasteiger partial charge is 0.633 e. The van der Waals surface area contributed by atoms with Crippen molar-refractivity contribution in [1.82, 2.24) is 4.98 Å². The topological polar surface area (TPSA) is 38.8 Å². The van der Waals surface area contributed by atoms with Crippen molar-refractivity contribution in [3.05, 3.63) is 59.0 Å². The Morgan fingerprint density at radius 2 is 2.14 bits per heavy atom. The van der Waals surface area contributed by atoms with E-state index in [1.807, 2.05) is 0 Å². The minimum atomic E-state index is -0.0810. The molecule has 1 aromatic heterocycles. The minimum absolute atomic E-state index is 0.0810. The number of rotatable bonds is 0. The molecule has 3 nitrogen and oxygen atoms in total. The summed E-state index contributed by atoms with van der Waals surface area (Å²) in [4.78, 5) is 3.57. The maximum Gasteiger partial charge on any atom is 0.101 e. The lowest BCUT2D eigenvalue weighted by atomic mass is 9.83. The second kappa shape index (κ2) is 4.83. The average molecular weight is 294 g/mol. The third-order valence-corrected chi connectivity index (χ3v) is 5.44. The third-order valence-electron chi connectivity index (χ3n) is 5.44. The monoisotopic (exact) mass is 294 g/mol. The number of hydrogen-bond acceptors (Lipinski definition) is 1. The lowest BCUT2D eigenvalue weighted by molar-refractivity contribution is -0.879. The van der Waals surface area contributed by atoms with E-state index in [-0.39, 0.29) is 4.65 Å². The Morgan fingerprint density at radius 3 is 2.95 bits per heavy atom. The van der Waals surface area contributed by atoms with Gasteiger partial charge in [0.15, 0.2) is 0 Å². The Kier molecular flexibility index (Phi) is 3.03. The van der Waals surface area contributed by atoms with Crippen LogP contribution in [0.2, 0.25) is 0 Å². The zero-order valence-electron chi connectivity index (χ0n) is 13.1.